The molecule has 0 aliphatic heterocycles. The summed E-state index contributed by atoms with van der Waals surface area (Å²) in [4.78, 5) is 12.3. The van der Waals surface area contributed by atoms with Gasteiger partial charge in [0.05, 0.1) is 29.1 Å². The molecule has 0 aliphatic rings. The lowest BCUT2D eigenvalue weighted by molar-refractivity contribution is -0.137. The minimum atomic E-state index is -4.69. The predicted octanol–water partition coefficient (Wildman–Crippen LogP) is 4.33. The number of amides is 1. The molecule has 0 saturated heterocycles. The van der Waals surface area contributed by atoms with Gasteiger partial charge in [-0.15, -0.1) is 0 Å². The van der Waals surface area contributed by atoms with Crippen molar-refractivity contribution in [1.29, 1.82) is 0 Å². The number of aryl methyl sites for hydroxylation is 1. The molecule has 30 heavy (non-hydrogen) atoms. The molecule has 0 spiro atoms. The molecule has 2 rings (SSSR count). The number of hydrogen-bond donors (Lipinski definition) is 1. The van der Waals surface area contributed by atoms with Crippen LogP contribution in [0.3, 0.4) is 0 Å². The van der Waals surface area contributed by atoms with E-state index in [1.165, 1.54) is 31.4 Å². The van der Waals surface area contributed by atoms with E-state index < -0.39 is 39.2 Å². The van der Waals surface area contributed by atoms with Gasteiger partial charge in [-0.05, 0) is 48.9 Å². The van der Waals surface area contributed by atoms with Gasteiger partial charge >= 0.3 is 6.18 Å². The first-order valence-corrected chi connectivity index (χ1v) is 10.5. The highest BCUT2D eigenvalue weighted by Crippen LogP contribution is 2.36. The number of halogens is 4. The third-order valence-electron chi connectivity index (χ3n) is 4.23. The van der Waals surface area contributed by atoms with Gasteiger partial charge in [0.25, 0.3) is 0 Å². The second kappa shape index (κ2) is 9.23. The van der Waals surface area contributed by atoms with E-state index in [1.807, 2.05) is 0 Å². The molecule has 0 aromatic heterocycles. The number of methoxy groups -OCH3 is 1. The first-order chi connectivity index (χ1) is 13.9. The van der Waals surface area contributed by atoms with E-state index >= 15 is 0 Å². The molecular weight excluding hydrogens is 445 g/mol. The summed E-state index contributed by atoms with van der Waals surface area (Å²) in [5, 5.41) is 1.77. The van der Waals surface area contributed by atoms with Crippen molar-refractivity contribution in [3.63, 3.8) is 0 Å². The van der Waals surface area contributed by atoms with Crippen molar-refractivity contribution in [2.45, 2.75) is 24.9 Å². The molecule has 0 heterocycles. The standard InChI is InChI=1S/C19H20ClF3N2O4S/c1-4-25(30(27,28)14-6-8-17(29-3)12(2)9-14)11-18(26)24-13-5-7-16(20)15(10-13)19(21,22)23/h5-10H,4,11H2,1-3H3,(H,24,26). The Morgan fingerprint density at radius 2 is 1.87 bits per heavy atom. The van der Waals surface area contributed by atoms with Crippen molar-refractivity contribution in [2.24, 2.45) is 0 Å². The number of nitrogens with zero attached hydrogens (tertiary/aromatic N) is 1. The third kappa shape index (κ3) is 5.44. The second-order valence-electron chi connectivity index (χ2n) is 6.30. The van der Waals surface area contributed by atoms with Crippen LogP contribution in [0.5, 0.6) is 5.75 Å². The lowest BCUT2D eigenvalue weighted by Crippen LogP contribution is -2.37. The number of carbonyl (C=O) groups excluding carboxylic acids is 1. The van der Waals surface area contributed by atoms with Crippen LogP contribution in [0.1, 0.15) is 18.1 Å². The van der Waals surface area contributed by atoms with Crippen molar-refractivity contribution in [3.05, 3.63) is 52.5 Å². The van der Waals surface area contributed by atoms with Crippen LogP contribution in [-0.4, -0.2) is 38.8 Å². The molecule has 11 heteroatoms. The van der Waals surface area contributed by atoms with Crippen LogP contribution in [0.25, 0.3) is 0 Å². The topological polar surface area (TPSA) is 75.7 Å². The van der Waals surface area contributed by atoms with Crippen LogP contribution >= 0.6 is 11.6 Å². The maximum Gasteiger partial charge on any atom is 0.417 e. The lowest BCUT2D eigenvalue weighted by Gasteiger charge is -2.21. The van der Waals surface area contributed by atoms with Gasteiger partial charge in [-0.25, -0.2) is 8.42 Å². The largest absolute Gasteiger partial charge is 0.496 e. The summed E-state index contributed by atoms with van der Waals surface area (Å²) in [6.07, 6.45) is -4.69. The van der Waals surface area contributed by atoms with E-state index in [2.05, 4.69) is 5.32 Å². The average Bonchev–Trinajstić information content (AvgIpc) is 2.66. The molecule has 6 nitrogen and oxygen atoms in total. The Labute approximate surface area is 177 Å². The number of carbonyl (C=O) groups is 1. The van der Waals surface area contributed by atoms with Crippen molar-refractivity contribution in [2.75, 3.05) is 25.5 Å². The summed E-state index contributed by atoms with van der Waals surface area (Å²) < 4.78 is 70.7. The fraction of sp³-hybridized carbons (Fsp3) is 0.316. The number of hydrogen-bond acceptors (Lipinski definition) is 4. The number of ether oxygens (including phenoxy) is 1. The van der Waals surface area contributed by atoms with Crippen LogP contribution < -0.4 is 10.1 Å². The highest BCUT2D eigenvalue weighted by molar-refractivity contribution is 7.89. The van der Waals surface area contributed by atoms with E-state index in [0.29, 0.717) is 17.4 Å². The molecule has 0 fully saturated rings. The summed E-state index contributed by atoms with van der Waals surface area (Å²) in [5.41, 5.74) is -0.652. The predicted molar refractivity (Wildman–Crippen MR) is 107 cm³/mol. The van der Waals surface area contributed by atoms with Crippen LogP contribution in [-0.2, 0) is 21.0 Å². The number of rotatable bonds is 7. The van der Waals surface area contributed by atoms with Crippen LogP contribution in [0.2, 0.25) is 5.02 Å². The summed E-state index contributed by atoms with van der Waals surface area (Å²) in [5.74, 6) is -0.279. The fourth-order valence-electron chi connectivity index (χ4n) is 2.71. The Morgan fingerprint density at radius 3 is 2.40 bits per heavy atom. The molecule has 0 aliphatic carbocycles. The Kier molecular flexibility index (Phi) is 7.38. The number of alkyl halides is 3. The lowest BCUT2D eigenvalue weighted by atomic mass is 10.2. The molecule has 0 bridgehead atoms. The highest BCUT2D eigenvalue weighted by atomic mass is 35.5. The Hall–Kier alpha value is -2.30. The molecule has 1 N–H and O–H groups in total. The maximum absolute atomic E-state index is 13.0. The molecule has 0 radical (unpaired) electrons. The van der Waals surface area contributed by atoms with Gasteiger partial charge in [-0.3, -0.25) is 4.79 Å². The van der Waals surface area contributed by atoms with Gasteiger partial charge in [0.2, 0.25) is 15.9 Å². The first kappa shape index (κ1) is 24.0. The Balaban J connectivity index is 2.21. The number of benzene rings is 2. The summed E-state index contributed by atoms with van der Waals surface area (Å²) in [6, 6.07) is 7.18. The molecule has 164 valence electrons. The number of sulfonamides is 1. The minimum absolute atomic E-state index is 0.0186. The minimum Gasteiger partial charge on any atom is -0.496 e. The van der Waals surface area contributed by atoms with Crippen molar-refractivity contribution < 1.29 is 31.1 Å². The summed E-state index contributed by atoms with van der Waals surface area (Å²) in [6.45, 7) is 2.63. The van der Waals surface area contributed by atoms with Crippen molar-refractivity contribution >= 4 is 33.2 Å². The number of nitrogens with one attached hydrogen (secondary N) is 1. The van der Waals surface area contributed by atoms with Crippen LogP contribution in [0.15, 0.2) is 41.3 Å². The molecule has 1 amide bonds. The summed E-state index contributed by atoms with van der Waals surface area (Å²) >= 11 is 5.56. The van der Waals surface area contributed by atoms with E-state index in [4.69, 9.17) is 16.3 Å². The molecule has 2 aromatic carbocycles. The smallest absolute Gasteiger partial charge is 0.417 e. The third-order valence-corrected chi connectivity index (χ3v) is 6.48. The van der Waals surface area contributed by atoms with Crippen LogP contribution in [0.4, 0.5) is 18.9 Å². The van der Waals surface area contributed by atoms with Gasteiger partial charge in [0, 0.05) is 12.2 Å². The zero-order valence-electron chi connectivity index (χ0n) is 16.4. The molecule has 0 saturated carbocycles. The van der Waals surface area contributed by atoms with E-state index in [0.717, 1.165) is 10.4 Å². The van der Waals surface area contributed by atoms with Crippen molar-refractivity contribution in [1.82, 2.24) is 4.31 Å². The molecule has 2 aromatic rings. The Morgan fingerprint density at radius 1 is 1.20 bits per heavy atom. The van der Waals surface area contributed by atoms with E-state index in [9.17, 15) is 26.4 Å². The summed E-state index contributed by atoms with van der Waals surface area (Å²) in [7, 11) is -2.55. The number of likely N-dealkylation sites (N-methyl/N-ethyl adjacent to an activating group) is 1. The van der Waals surface area contributed by atoms with Crippen molar-refractivity contribution in [3.8, 4) is 5.75 Å². The van der Waals surface area contributed by atoms with Crippen LogP contribution in [0, 0.1) is 6.92 Å². The zero-order chi connectivity index (χ0) is 22.7. The average molecular weight is 465 g/mol. The van der Waals surface area contributed by atoms with Gasteiger partial charge in [-0.2, -0.15) is 17.5 Å². The van der Waals surface area contributed by atoms with Gasteiger partial charge < -0.3 is 10.1 Å². The van der Waals surface area contributed by atoms with E-state index in [1.54, 1.807) is 13.8 Å². The van der Waals surface area contributed by atoms with Gasteiger partial charge in [0.15, 0.2) is 0 Å². The zero-order valence-corrected chi connectivity index (χ0v) is 18.0. The second-order valence-corrected chi connectivity index (χ2v) is 8.65. The van der Waals surface area contributed by atoms with Gasteiger partial charge in [0.1, 0.15) is 5.75 Å². The quantitative estimate of drug-likeness (QED) is 0.662. The van der Waals surface area contributed by atoms with Gasteiger partial charge in [-0.1, -0.05) is 18.5 Å². The maximum atomic E-state index is 13.0. The Bertz CT molecular complexity index is 1040. The molecular formula is C19H20ClF3N2O4S. The number of anilines is 1. The van der Waals surface area contributed by atoms with E-state index in [-0.39, 0.29) is 17.1 Å². The normalized spacial score (nSPS) is 12.1. The SMILES string of the molecule is CCN(CC(=O)Nc1ccc(Cl)c(C(F)(F)F)c1)S(=O)(=O)c1ccc(OC)c(C)c1. The highest BCUT2D eigenvalue weighted by Gasteiger charge is 2.33. The first-order valence-electron chi connectivity index (χ1n) is 8.71. The molecule has 0 atom stereocenters. The monoisotopic (exact) mass is 464 g/mol. The molecule has 0 unspecified atom stereocenters. The fourth-order valence-corrected chi connectivity index (χ4v) is 4.42.